The summed E-state index contributed by atoms with van der Waals surface area (Å²) < 4.78 is 0. The lowest BCUT2D eigenvalue weighted by Crippen LogP contribution is -2.42. The van der Waals surface area contributed by atoms with Crippen molar-refractivity contribution in [3.8, 4) is 0 Å². The van der Waals surface area contributed by atoms with Crippen LogP contribution in [0.1, 0.15) is 42.7 Å². The molecule has 0 bridgehead atoms. The van der Waals surface area contributed by atoms with E-state index in [4.69, 9.17) is 5.11 Å². The van der Waals surface area contributed by atoms with Crippen LogP contribution in [0.5, 0.6) is 0 Å². The second kappa shape index (κ2) is 6.56. The van der Waals surface area contributed by atoms with Gasteiger partial charge in [-0.25, -0.2) is 14.6 Å². The summed E-state index contributed by atoms with van der Waals surface area (Å²) in [6.07, 6.45) is 3.64. The van der Waals surface area contributed by atoms with Crippen LogP contribution < -0.4 is 5.32 Å². The third-order valence-corrected chi connectivity index (χ3v) is 3.30. The molecule has 1 aliphatic carbocycles. The fourth-order valence-electron chi connectivity index (χ4n) is 2.11. The third-order valence-electron chi connectivity index (χ3n) is 3.30. The molecule has 0 aromatic carbocycles. The number of hydrogen-bond acceptors (Lipinski definition) is 3. The largest absolute Gasteiger partial charge is 0.477 e. The molecular formula is C15H21N3O3. The molecular weight excluding hydrogens is 270 g/mol. The molecule has 1 aromatic rings. The van der Waals surface area contributed by atoms with Gasteiger partial charge in [0, 0.05) is 25.3 Å². The maximum atomic E-state index is 12.2. The summed E-state index contributed by atoms with van der Waals surface area (Å²) in [4.78, 5) is 28.6. The molecule has 0 aliphatic heterocycles. The van der Waals surface area contributed by atoms with Gasteiger partial charge in [-0.1, -0.05) is 19.9 Å². The maximum Gasteiger partial charge on any atom is 0.354 e. The summed E-state index contributed by atoms with van der Waals surface area (Å²) >= 11 is 0. The molecule has 2 N–H and O–H groups in total. The fourth-order valence-corrected chi connectivity index (χ4v) is 2.11. The average molecular weight is 291 g/mol. The molecule has 21 heavy (non-hydrogen) atoms. The molecule has 0 saturated heterocycles. The zero-order valence-electron chi connectivity index (χ0n) is 12.4. The van der Waals surface area contributed by atoms with E-state index >= 15 is 0 Å². The van der Waals surface area contributed by atoms with Gasteiger partial charge in [-0.3, -0.25) is 0 Å². The van der Waals surface area contributed by atoms with Gasteiger partial charge in [-0.2, -0.15) is 0 Å². The summed E-state index contributed by atoms with van der Waals surface area (Å²) in [6, 6.07) is 3.42. The van der Waals surface area contributed by atoms with Crippen LogP contribution in [0.25, 0.3) is 0 Å². The number of nitrogens with zero attached hydrogens (tertiary/aromatic N) is 2. The monoisotopic (exact) mass is 291 g/mol. The summed E-state index contributed by atoms with van der Waals surface area (Å²) in [5.41, 5.74) is 0.790. The van der Waals surface area contributed by atoms with Crippen molar-refractivity contribution in [2.45, 2.75) is 39.3 Å². The van der Waals surface area contributed by atoms with Crippen LogP contribution in [0.15, 0.2) is 18.3 Å². The number of carbonyl (C=O) groups excluding carboxylic acids is 1. The maximum absolute atomic E-state index is 12.2. The van der Waals surface area contributed by atoms with Gasteiger partial charge in [0.2, 0.25) is 0 Å². The number of urea groups is 1. The Kier molecular flexibility index (Phi) is 4.77. The quantitative estimate of drug-likeness (QED) is 0.841. The van der Waals surface area contributed by atoms with Crippen LogP contribution in [0.3, 0.4) is 0 Å². The number of amides is 2. The SMILES string of the molecule is CC(C)CN(C(=O)NCc1ccc(C(=O)O)nc1)C1CC1. The highest BCUT2D eigenvalue weighted by molar-refractivity contribution is 5.85. The highest BCUT2D eigenvalue weighted by Gasteiger charge is 2.32. The normalized spacial score (nSPS) is 14.0. The standard InChI is InChI=1S/C15H21N3O3/c1-10(2)9-18(12-4-5-12)15(21)17-8-11-3-6-13(14(19)20)16-7-11/h3,6-7,10,12H,4-5,8-9H2,1-2H3,(H,17,21)(H,19,20). The minimum Gasteiger partial charge on any atom is -0.477 e. The van der Waals surface area contributed by atoms with E-state index in [2.05, 4.69) is 24.1 Å². The summed E-state index contributed by atoms with van der Waals surface area (Å²) in [7, 11) is 0. The number of nitrogens with one attached hydrogen (secondary N) is 1. The Labute approximate surface area is 124 Å². The van der Waals surface area contributed by atoms with E-state index in [0.29, 0.717) is 18.5 Å². The van der Waals surface area contributed by atoms with Crippen LogP contribution in [0.4, 0.5) is 4.79 Å². The zero-order chi connectivity index (χ0) is 15.4. The predicted octanol–water partition coefficient (Wildman–Crippen LogP) is 2.11. The van der Waals surface area contributed by atoms with Crippen molar-refractivity contribution in [3.63, 3.8) is 0 Å². The molecule has 1 fully saturated rings. The number of carboxylic acid groups (broad SMARTS) is 1. The van der Waals surface area contributed by atoms with Crippen molar-refractivity contribution in [1.29, 1.82) is 0 Å². The average Bonchev–Trinajstić information content (AvgIpc) is 3.27. The molecule has 0 radical (unpaired) electrons. The van der Waals surface area contributed by atoms with Crippen molar-refractivity contribution in [2.24, 2.45) is 5.92 Å². The molecule has 6 heteroatoms. The number of carbonyl (C=O) groups is 2. The fraction of sp³-hybridized carbons (Fsp3) is 0.533. The number of rotatable bonds is 6. The first kappa shape index (κ1) is 15.3. The summed E-state index contributed by atoms with van der Waals surface area (Å²) in [5.74, 6) is -0.615. The Morgan fingerprint density at radius 2 is 2.14 bits per heavy atom. The summed E-state index contributed by atoms with van der Waals surface area (Å²) in [6.45, 7) is 5.30. The van der Waals surface area contributed by atoms with Crippen molar-refractivity contribution >= 4 is 12.0 Å². The predicted molar refractivity (Wildman–Crippen MR) is 78.0 cm³/mol. The lowest BCUT2D eigenvalue weighted by molar-refractivity contribution is 0.0690. The first-order valence-corrected chi connectivity index (χ1v) is 7.20. The van der Waals surface area contributed by atoms with E-state index in [1.165, 1.54) is 12.3 Å². The van der Waals surface area contributed by atoms with E-state index in [1.807, 2.05) is 4.90 Å². The van der Waals surface area contributed by atoms with E-state index in [9.17, 15) is 9.59 Å². The summed E-state index contributed by atoms with van der Waals surface area (Å²) in [5, 5.41) is 11.7. The molecule has 1 heterocycles. The number of aromatic nitrogens is 1. The topological polar surface area (TPSA) is 82.5 Å². The Morgan fingerprint density at radius 3 is 2.62 bits per heavy atom. The number of carboxylic acids is 1. The smallest absolute Gasteiger partial charge is 0.354 e. The van der Waals surface area contributed by atoms with Crippen LogP contribution in [-0.2, 0) is 6.54 Å². The van der Waals surface area contributed by atoms with E-state index in [-0.39, 0.29) is 11.7 Å². The molecule has 2 amide bonds. The first-order valence-electron chi connectivity index (χ1n) is 7.20. The molecule has 1 aliphatic rings. The molecule has 1 saturated carbocycles. The number of hydrogen-bond donors (Lipinski definition) is 2. The molecule has 6 nitrogen and oxygen atoms in total. The van der Waals surface area contributed by atoms with Crippen molar-refractivity contribution in [1.82, 2.24) is 15.2 Å². The van der Waals surface area contributed by atoms with Crippen molar-refractivity contribution in [3.05, 3.63) is 29.6 Å². The Balaban J connectivity index is 1.88. The minimum atomic E-state index is -1.05. The zero-order valence-corrected chi connectivity index (χ0v) is 12.4. The van der Waals surface area contributed by atoms with Crippen LogP contribution in [-0.4, -0.2) is 39.6 Å². The molecule has 0 spiro atoms. The van der Waals surface area contributed by atoms with Gasteiger partial charge in [0.05, 0.1) is 0 Å². The van der Waals surface area contributed by atoms with Gasteiger partial charge in [-0.15, -0.1) is 0 Å². The molecule has 0 unspecified atom stereocenters. The van der Waals surface area contributed by atoms with E-state index < -0.39 is 5.97 Å². The lowest BCUT2D eigenvalue weighted by Gasteiger charge is -2.24. The van der Waals surface area contributed by atoms with Gasteiger partial charge < -0.3 is 15.3 Å². The molecule has 114 valence electrons. The Bertz CT molecular complexity index is 509. The molecule has 1 aromatic heterocycles. The lowest BCUT2D eigenvalue weighted by atomic mass is 10.2. The van der Waals surface area contributed by atoms with Gasteiger partial charge in [0.1, 0.15) is 5.69 Å². The highest BCUT2D eigenvalue weighted by Crippen LogP contribution is 2.27. The van der Waals surface area contributed by atoms with E-state index in [0.717, 1.165) is 24.9 Å². The second-order valence-corrected chi connectivity index (χ2v) is 5.79. The van der Waals surface area contributed by atoms with Crippen LogP contribution >= 0.6 is 0 Å². The number of pyridine rings is 1. The molecule has 0 atom stereocenters. The highest BCUT2D eigenvalue weighted by atomic mass is 16.4. The second-order valence-electron chi connectivity index (χ2n) is 5.79. The van der Waals surface area contributed by atoms with Gasteiger partial charge >= 0.3 is 12.0 Å². The first-order chi connectivity index (χ1) is 9.97. The van der Waals surface area contributed by atoms with Gasteiger partial charge in [0.15, 0.2) is 0 Å². The Morgan fingerprint density at radius 1 is 1.43 bits per heavy atom. The van der Waals surface area contributed by atoms with Crippen LogP contribution in [0, 0.1) is 5.92 Å². The van der Waals surface area contributed by atoms with Crippen molar-refractivity contribution < 1.29 is 14.7 Å². The van der Waals surface area contributed by atoms with Crippen molar-refractivity contribution in [2.75, 3.05) is 6.54 Å². The van der Waals surface area contributed by atoms with Gasteiger partial charge in [0.25, 0.3) is 0 Å². The van der Waals surface area contributed by atoms with E-state index in [1.54, 1.807) is 6.07 Å². The van der Waals surface area contributed by atoms with Gasteiger partial charge in [-0.05, 0) is 30.4 Å². The third kappa shape index (κ3) is 4.44. The molecule has 2 rings (SSSR count). The Hall–Kier alpha value is -2.11. The van der Waals surface area contributed by atoms with Crippen LogP contribution in [0.2, 0.25) is 0 Å². The minimum absolute atomic E-state index is 0.00416. The number of aromatic carboxylic acids is 1.